The number of rotatable bonds is 5. The van der Waals surface area contributed by atoms with E-state index in [1.54, 1.807) is 6.92 Å². The Kier molecular flexibility index (Phi) is 3.88. The van der Waals surface area contributed by atoms with E-state index in [4.69, 9.17) is 4.42 Å². The van der Waals surface area contributed by atoms with E-state index in [-0.39, 0.29) is 0 Å². The average Bonchev–Trinajstić information content (AvgIpc) is 2.71. The van der Waals surface area contributed by atoms with E-state index in [0.29, 0.717) is 18.3 Å². The van der Waals surface area contributed by atoms with Gasteiger partial charge >= 0.3 is 0 Å². The number of benzene rings is 1. The van der Waals surface area contributed by atoms with Crippen molar-refractivity contribution in [1.82, 2.24) is 15.5 Å². The third kappa shape index (κ3) is 3.67. The Morgan fingerprint density at radius 2 is 2.12 bits per heavy atom. The first-order valence-electron chi connectivity index (χ1n) is 5.79. The summed E-state index contributed by atoms with van der Waals surface area (Å²) in [5, 5.41) is 11.0. The first kappa shape index (κ1) is 11.8. The summed E-state index contributed by atoms with van der Waals surface area (Å²) < 4.78 is 5.27. The molecular formula is C13H17N3O. The van der Waals surface area contributed by atoms with Crippen molar-refractivity contribution in [2.75, 3.05) is 6.54 Å². The van der Waals surface area contributed by atoms with Crippen LogP contribution in [-0.2, 0) is 13.0 Å². The maximum absolute atomic E-state index is 5.27. The monoisotopic (exact) mass is 231 g/mol. The fourth-order valence-corrected chi connectivity index (χ4v) is 1.70. The minimum Gasteiger partial charge on any atom is -0.424 e. The van der Waals surface area contributed by atoms with Crippen molar-refractivity contribution in [3.8, 4) is 0 Å². The molecule has 0 atom stereocenters. The third-order valence-electron chi connectivity index (χ3n) is 2.52. The SMILES string of the molecule is Cc1cccc(CCNCc2nnc(C)o2)c1. The van der Waals surface area contributed by atoms with Crippen LogP contribution in [0.2, 0.25) is 0 Å². The van der Waals surface area contributed by atoms with Crippen molar-refractivity contribution in [1.29, 1.82) is 0 Å². The Balaban J connectivity index is 1.73. The van der Waals surface area contributed by atoms with Gasteiger partial charge < -0.3 is 9.73 Å². The maximum Gasteiger partial charge on any atom is 0.230 e. The third-order valence-corrected chi connectivity index (χ3v) is 2.52. The quantitative estimate of drug-likeness (QED) is 0.800. The van der Waals surface area contributed by atoms with Crippen LogP contribution in [0.1, 0.15) is 22.9 Å². The highest BCUT2D eigenvalue weighted by molar-refractivity contribution is 5.22. The summed E-state index contributed by atoms with van der Waals surface area (Å²) in [6, 6.07) is 8.55. The van der Waals surface area contributed by atoms with Gasteiger partial charge in [0, 0.05) is 6.92 Å². The van der Waals surface area contributed by atoms with E-state index in [1.165, 1.54) is 11.1 Å². The number of aromatic nitrogens is 2. The van der Waals surface area contributed by atoms with E-state index >= 15 is 0 Å². The van der Waals surface area contributed by atoms with Gasteiger partial charge in [-0.1, -0.05) is 29.8 Å². The lowest BCUT2D eigenvalue weighted by Crippen LogP contribution is -2.16. The molecule has 0 saturated carbocycles. The normalized spacial score (nSPS) is 10.7. The van der Waals surface area contributed by atoms with Crippen LogP contribution in [0.3, 0.4) is 0 Å². The summed E-state index contributed by atoms with van der Waals surface area (Å²) in [6.45, 7) is 5.44. The van der Waals surface area contributed by atoms with Crippen molar-refractivity contribution in [3.63, 3.8) is 0 Å². The predicted molar refractivity (Wildman–Crippen MR) is 65.6 cm³/mol. The van der Waals surface area contributed by atoms with E-state index in [0.717, 1.165) is 13.0 Å². The molecular weight excluding hydrogens is 214 g/mol. The molecule has 2 aromatic rings. The molecule has 1 N–H and O–H groups in total. The highest BCUT2D eigenvalue weighted by atomic mass is 16.4. The smallest absolute Gasteiger partial charge is 0.230 e. The molecule has 0 saturated heterocycles. The zero-order valence-corrected chi connectivity index (χ0v) is 10.2. The van der Waals surface area contributed by atoms with E-state index in [1.807, 2.05) is 0 Å². The molecule has 90 valence electrons. The fourth-order valence-electron chi connectivity index (χ4n) is 1.70. The van der Waals surface area contributed by atoms with Crippen molar-refractivity contribution < 1.29 is 4.42 Å². The predicted octanol–water partition coefficient (Wildman–Crippen LogP) is 2.02. The van der Waals surface area contributed by atoms with Crippen LogP contribution in [0.5, 0.6) is 0 Å². The van der Waals surface area contributed by atoms with E-state index in [2.05, 4.69) is 46.7 Å². The van der Waals surface area contributed by atoms with Crippen molar-refractivity contribution >= 4 is 0 Å². The zero-order valence-electron chi connectivity index (χ0n) is 10.2. The molecule has 1 aromatic carbocycles. The maximum atomic E-state index is 5.27. The van der Waals surface area contributed by atoms with Crippen LogP contribution in [0.4, 0.5) is 0 Å². The van der Waals surface area contributed by atoms with Crippen LogP contribution in [0, 0.1) is 13.8 Å². The summed E-state index contributed by atoms with van der Waals surface area (Å²) in [5.74, 6) is 1.26. The van der Waals surface area contributed by atoms with Crippen molar-refractivity contribution in [2.45, 2.75) is 26.8 Å². The summed E-state index contributed by atoms with van der Waals surface area (Å²) in [7, 11) is 0. The molecule has 1 heterocycles. The lowest BCUT2D eigenvalue weighted by Gasteiger charge is -2.03. The molecule has 4 nitrogen and oxygen atoms in total. The molecule has 0 aliphatic rings. The van der Waals surface area contributed by atoms with Gasteiger partial charge in [-0.2, -0.15) is 0 Å². The van der Waals surface area contributed by atoms with Crippen LogP contribution in [-0.4, -0.2) is 16.7 Å². The summed E-state index contributed by atoms with van der Waals surface area (Å²) in [4.78, 5) is 0. The molecule has 0 fully saturated rings. The summed E-state index contributed by atoms with van der Waals surface area (Å²) >= 11 is 0. The molecule has 0 unspecified atom stereocenters. The number of hydrogen-bond donors (Lipinski definition) is 1. The first-order valence-corrected chi connectivity index (χ1v) is 5.79. The van der Waals surface area contributed by atoms with Gasteiger partial charge in [-0.15, -0.1) is 10.2 Å². The number of aryl methyl sites for hydroxylation is 2. The molecule has 1 aromatic heterocycles. The molecule has 0 aliphatic carbocycles. The minimum atomic E-state index is 0.612. The van der Waals surface area contributed by atoms with Gasteiger partial charge in [0.1, 0.15) is 0 Å². The number of nitrogens with one attached hydrogen (secondary N) is 1. The van der Waals surface area contributed by atoms with Crippen molar-refractivity contribution in [2.24, 2.45) is 0 Å². The minimum absolute atomic E-state index is 0.612. The van der Waals surface area contributed by atoms with Gasteiger partial charge in [0.15, 0.2) is 0 Å². The van der Waals surface area contributed by atoms with Crippen LogP contribution in [0.15, 0.2) is 28.7 Å². The van der Waals surface area contributed by atoms with Gasteiger partial charge in [-0.25, -0.2) is 0 Å². The second-order valence-electron chi connectivity index (χ2n) is 4.13. The Morgan fingerprint density at radius 1 is 1.24 bits per heavy atom. The Morgan fingerprint density at radius 3 is 2.82 bits per heavy atom. The second kappa shape index (κ2) is 5.59. The Labute approximate surface area is 101 Å². The van der Waals surface area contributed by atoms with Crippen LogP contribution < -0.4 is 5.32 Å². The molecule has 17 heavy (non-hydrogen) atoms. The molecule has 0 amide bonds. The van der Waals surface area contributed by atoms with Crippen LogP contribution in [0.25, 0.3) is 0 Å². The first-order chi connectivity index (χ1) is 8.24. The lowest BCUT2D eigenvalue weighted by atomic mass is 10.1. The highest BCUT2D eigenvalue weighted by Crippen LogP contribution is 2.04. The van der Waals surface area contributed by atoms with Gasteiger partial charge in [0.25, 0.3) is 0 Å². The molecule has 0 radical (unpaired) electrons. The molecule has 2 rings (SSSR count). The topological polar surface area (TPSA) is 51.0 Å². The number of nitrogens with zero attached hydrogens (tertiary/aromatic N) is 2. The fraction of sp³-hybridized carbons (Fsp3) is 0.385. The number of hydrogen-bond acceptors (Lipinski definition) is 4. The molecule has 4 heteroatoms. The van der Waals surface area contributed by atoms with Crippen LogP contribution >= 0.6 is 0 Å². The standard InChI is InChI=1S/C13H17N3O/c1-10-4-3-5-12(8-10)6-7-14-9-13-16-15-11(2)17-13/h3-5,8,14H,6-7,9H2,1-2H3. The largest absolute Gasteiger partial charge is 0.424 e. The van der Waals surface area contributed by atoms with Gasteiger partial charge in [-0.05, 0) is 25.5 Å². The van der Waals surface area contributed by atoms with Gasteiger partial charge in [0.2, 0.25) is 11.8 Å². The molecule has 0 spiro atoms. The van der Waals surface area contributed by atoms with Gasteiger partial charge in [-0.3, -0.25) is 0 Å². The zero-order chi connectivity index (χ0) is 12.1. The summed E-state index contributed by atoms with van der Waals surface area (Å²) in [5.41, 5.74) is 2.65. The molecule has 0 aliphatic heterocycles. The Hall–Kier alpha value is -1.68. The molecule has 0 bridgehead atoms. The van der Waals surface area contributed by atoms with E-state index in [9.17, 15) is 0 Å². The Bertz CT molecular complexity index is 479. The average molecular weight is 231 g/mol. The van der Waals surface area contributed by atoms with E-state index < -0.39 is 0 Å². The second-order valence-corrected chi connectivity index (χ2v) is 4.13. The summed E-state index contributed by atoms with van der Waals surface area (Å²) in [6.07, 6.45) is 1.01. The highest BCUT2D eigenvalue weighted by Gasteiger charge is 2.00. The van der Waals surface area contributed by atoms with Gasteiger partial charge in [0.05, 0.1) is 6.54 Å². The lowest BCUT2D eigenvalue weighted by molar-refractivity contribution is 0.448. The van der Waals surface area contributed by atoms with Crippen molar-refractivity contribution in [3.05, 3.63) is 47.2 Å².